The number of anilines is 2. The summed E-state index contributed by atoms with van der Waals surface area (Å²) in [6.45, 7) is 11.1. The first-order valence-electron chi connectivity index (χ1n) is 15.6. The molecule has 39 heavy (non-hydrogen) atoms. The summed E-state index contributed by atoms with van der Waals surface area (Å²) in [5.74, 6) is 0. The lowest BCUT2D eigenvalue weighted by Gasteiger charge is -2.30. The van der Waals surface area contributed by atoms with Crippen LogP contribution in [-0.4, -0.2) is 50.0 Å². The molecule has 2 aromatic carbocycles. The van der Waals surface area contributed by atoms with Crippen LogP contribution in [0.5, 0.6) is 0 Å². The van der Waals surface area contributed by atoms with Crippen molar-refractivity contribution in [1.82, 2.24) is 10.6 Å². The van der Waals surface area contributed by atoms with Crippen LogP contribution in [0, 0.1) is 0 Å². The minimum atomic E-state index is 0.290. The summed E-state index contributed by atoms with van der Waals surface area (Å²) in [6.07, 6.45) is 13.6. The van der Waals surface area contributed by atoms with Crippen molar-refractivity contribution >= 4 is 36.6 Å². The highest BCUT2D eigenvalue weighted by molar-refractivity contribution is 7.81. The fourth-order valence-electron chi connectivity index (χ4n) is 4.92. The Bertz CT molecular complexity index is 740. The fourth-order valence-corrected chi connectivity index (χ4v) is 5.42. The maximum atomic E-state index is 4.80. The summed E-state index contributed by atoms with van der Waals surface area (Å²) in [5.41, 5.74) is 2.57. The summed E-state index contributed by atoms with van der Waals surface area (Å²) < 4.78 is 0. The van der Waals surface area contributed by atoms with E-state index in [1.165, 1.54) is 69.2 Å². The topological polar surface area (TPSA) is 30.5 Å². The number of hydrogen-bond acceptors (Lipinski definition) is 6. The lowest BCUT2D eigenvalue weighted by Crippen LogP contribution is -2.32. The van der Waals surface area contributed by atoms with Crippen LogP contribution in [0.3, 0.4) is 0 Å². The normalized spacial score (nSPS) is 12.8. The Kier molecular flexibility index (Phi) is 19.4. The molecule has 0 aliphatic carbocycles. The van der Waals surface area contributed by atoms with Crippen LogP contribution in [0.4, 0.5) is 11.4 Å². The Labute approximate surface area is 251 Å². The van der Waals surface area contributed by atoms with Gasteiger partial charge in [0, 0.05) is 24.5 Å². The van der Waals surface area contributed by atoms with Gasteiger partial charge in [-0.2, -0.15) is 25.3 Å². The van der Waals surface area contributed by atoms with Gasteiger partial charge in [0.25, 0.3) is 0 Å². The van der Waals surface area contributed by atoms with Gasteiger partial charge in [0.15, 0.2) is 0 Å². The predicted molar refractivity (Wildman–Crippen MR) is 181 cm³/mol. The van der Waals surface area contributed by atoms with E-state index in [9.17, 15) is 0 Å². The van der Waals surface area contributed by atoms with Gasteiger partial charge >= 0.3 is 0 Å². The summed E-state index contributed by atoms with van der Waals surface area (Å²) in [5, 5.41) is 7.87. The van der Waals surface area contributed by atoms with E-state index in [0.717, 1.165) is 52.1 Å². The molecule has 0 fully saturated rings. The van der Waals surface area contributed by atoms with Gasteiger partial charge in [-0.05, 0) is 102 Å². The highest BCUT2D eigenvalue weighted by Gasteiger charge is 2.13. The smallest absolute Gasteiger partial charge is 0.0719 e. The monoisotopic (exact) mass is 572 g/mol. The van der Waals surface area contributed by atoms with E-state index in [-0.39, 0.29) is 10.7 Å². The van der Waals surface area contributed by atoms with Crippen molar-refractivity contribution < 1.29 is 0 Å². The van der Waals surface area contributed by atoms with E-state index in [2.05, 4.69) is 94.9 Å². The second kappa shape index (κ2) is 22.4. The first-order chi connectivity index (χ1) is 19.2. The second-order valence-corrected chi connectivity index (χ2v) is 11.7. The standard InChI is InChI=1S/C33H56N4S2/c1-3-32(38)36(30-20-10-8-11-21-30)28-18-16-26-34-24-14-6-5-7-15-25-35-27-17-19-29-37(33(39)4-2)31-22-12-9-13-23-31/h8-13,20-23,32-35,38-39H,3-7,14-19,24-29H2,1-2H3. The molecule has 4 nitrogen and oxygen atoms in total. The number of benzene rings is 2. The average molecular weight is 573 g/mol. The van der Waals surface area contributed by atoms with Gasteiger partial charge < -0.3 is 20.4 Å². The fraction of sp³-hybridized carbons (Fsp3) is 0.636. The Hall–Kier alpha value is -1.34. The summed E-state index contributed by atoms with van der Waals surface area (Å²) in [4.78, 5) is 4.87. The van der Waals surface area contributed by atoms with Crippen molar-refractivity contribution in [2.75, 3.05) is 49.1 Å². The summed E-state index contributed by atoms with van der Waals surface area (Å²) in [7, 11) is 0. The van der Waals surface area contributed by atoms with E-state index in [1.54, 1.807) is 0 Å². The van der Waals surface area contributed by atoms with Gasteiger partial charge in [-0.25, -0.2) is 0 Å². The molecule has 220 valence electrons. The Morgan fingerprint density at radius 2 is 0.846 bits per heavy atom. The maximum absolute atomic E-state index is 4.80. The van der Waals surface area contributed by atoms with E-state index in [0.29, 0.717) is 0 Å². The molecule has 2 N–H and O–H groups in total. The number of rotatable bonds is 24. The molecule has 0 spiro atoms. The molecule has 0 amide bonds. The molecule has 0 aliphatic rings. The van der Waals surface area contributed by atoms with E-state index < -0.39 is 0 Å². The third-order valence-corrected chi connectivity index (χ3v) is 8.63. The summed E-state index contributed by atoms with van der Waals surface area (Å²) >= 11 is 9.59. The lowest BCUT2D eigenvalue weighted by atomic mass is 10.1. The van der Waals surface area contributed by atoms with Crippen LogP contribution in [0.25, 0.3) is 0 Å². The van der Waals surface area contributed by atoms with Crippen molar-refractivity contribution in [2.24, 2.45) is 0 Å². The summed E-state index contributed by atoms with van der Waals surface area (Å²) in [6, 6.07) is 21.4. The Balaban J connectivity index is 1.38. The lowest BCUT2D eigenvalue weighted by molar-refractivity contribution is 0.539. The molecule has 2 atom stereocenters. The largest absolute Gasteiger partial charge is 0.360 e. The van der Waals surface area contributed by atoms with Crippen molar-refractivity contribution in [3.8, 4) is 0 Å². The van der Waals surface area contributed by atoms with E-state index in [1.807, 2.05) is 0 Å². The molecule has 2 rings (SSSR count). The molecular formula is C33H56N4S2. The Morgan fingerprint density at radius 3 is 1.21 bits per heavy atom. The van der Waals surface area contributed by atoms with Crippen LogP contribution < -0.4 is 20.4 Å². The highest BCUT2D eigenvalue weighted by Crippen LogP contribution is 2.22. The average Bonchev–Trinajstić information content (AvgIpc) is 2.98. The molecule has 2 aromatic rings. The van der Waals surface area contributed by atoms with Gasteiger partial charge in [-0.3, -0.25) is 0 Å². The van der Waals surface area contributed by atoms with Gasteiger partial charge in [0.1, 0.15) is 0 Å². The zero-order chi connectivity index (χ0) is 28.0. The van der Waals surface area contributed by atoms with E-state index >= 15 is 0 Å². The van der Waals surface area contributed by atoms with Crippen molar-refractivity contribution in [2.45, 2.75) is 95.2 Å². The molecule has 0 radical (unpaired) electrons. The van der Waals surface area contributed by atoms with Gasteiger partial charge in [-0.1, -0.05) is 69.5 Å². The van der Waals surface area contributed by atoms with Crippen LogP contribution in [-0.2, 0) is 0 Å². The van der Waals surface area contributed by atoms with Gasteiger partial charge in [0.2, 0.25) is 0 Å². The SMILES string of the molecule is CCC(S)N(CCCCNCCCCCCCNCCCCN(c1ccccc1)C(S)CC)c1ccccc1. The molecule has 0 heterocycles. The molecule has 0 saturated heterocycles. The molecule has 0 bridgehead atoms. The maximum Gasteiger partial charge on any atom is 0.0719 e. The van der Waals surface area contributed by atoms with Gasteiger partial charge in [-0.15, -0.1) is 0 Å². The zero-order valence-electron chi connectivity index (χ0n) is 24.7. The predicted octanol–water partition coefficient (Wildman–Crippen LogP) is 8.02. The minimum absolute atomic E-state index is 0.290. The number of hydrogen-bond donors (Lipinski definition) is 4. The van der Waals surface area contributed by atoms with Crippen molar-refractivity contribution in [1.29, 1.82) is 0 Å². The van der Waals surface area contributed by atoms with Crippen LogP contribution in [0.15, 0.2) is 60.7 Å². The van der Waals surface area contributed by atoms with Crippen LogP contribution >= 0.6 is 25.3 Å². The van der Waals surface area contributed by atoms with Gasteiger partial charge in [0.05, 0.1) is 10.7 Å². The number of nitrogens with zero attached hydrogens (tertiary/aromatic N) is 2. The van der Waals surface area contributed by atoms with E-state index in [4.69, 9.17) is 25.3 Å². The Morgan fingerprint density at radius 1 is 0.513 bits per heavy atom. The molecule has 6 heteroatoms. The molecule has 0 aromatic heterocycles. The highest BCUT2D eigenvalue weighted by atomic mass is 32.1. The van der Waals surface area contributed by atoms with Crippen LogP contribution in [0.2, 0.25) is 0 Å². The zero-order valence-corrected chi connectivity index (χ0v) is 26.5. The number of para-hydroxylation sites is 2. The number of nitrogens with one attached hydrogen (secondary N) is 2. The molecular weight excluding hydrogens is 517 g/mol. The molecule has 2 unspecified atom stereocenters. The number of thiol groups is 2. The molecule has 0 aliphatic heterocycles. The minimum Gasteiger partial charge on any atom is -0.360 e. The quantitative estimate of drug-likeness (QED) is 0.0583. The second-order valence-electron chi connectivity index (χ2n) is 10.5. The van der Waals surface area contributed by atoms with Crippen molar-refractivity contribution in [3.05, 3.63) is 60.7 Å². The first-order valence-corrected chi connectivity index (χ1v) is 16.6. The third-order valence-electron chi connectivity index (χ3n) is 7.34. The third kappa shape index (κ3) is 14.7. The molecule has 0 saturated carbocycles. The first kappa shape index (κ1) is 33.9. The van der Waals surface area contributed by atoms with Crippen molar-refractivity contribution in [3.63, 3.8) is 0 Å². The van der Waals surface area contributed by atoms with Crippen LogP contribution in [0.1, 0.15) is 84.5 Å². The number of unbranched alkanes of at least 4 members (excludes halogenated alkanes) is 6.